The molecule has 1 aliphatic heterocycles. The van der Waals surface area contributed by atoms with E-state index in [1.165, 1.54) is 13.0 Å². The van der Waals surface area contributed by atoms with E-state index in [0.29, 0.717) is 25.7 Å². The molecule has 0 aromatic heterocycles. The molecule has 1 heterocycles. The Balaban J connectivity index is 2.11. The molecular formula is C18H27F3O3. The molecule has 0 aromatic carbocycles. The first-order chi connectivity index (χ1) is 11.0. The maximum atomic E-state index is 13.4. The number of rotatable bonds is 6. The Bertz CT molecular complexity index is 514. The molecule has 0 spiro atoms. The van der Waals surface area contributed by atoms with Crippen LogP contribution in [0.25, 0.3) is 0 Å². The summed E-state index contributed by atoms with van der Waals surface area (Å²) in [6.07, 6.45) is -0.488. The highest BCUT2D eigenvalue weighted by molar-refractivity contribution is 5.73. The van der Waals surface area contributed by atoms with Gasteiger partial charge in [-0.3, -0.25) is 4.79 Å². The molecule has 1 N–H and O–H groups in total. The van der Waals surface area contributed by atoms with Crippen LogP contribution in [0, 0.1) is 17.3 Å². The quantitative estimate of drug-likeness (QED) is 0.523. The number of aliphatic hydroxyl groups is 1. The third-order valence-corrected chi connectivity index (χ3v) is 5.86. The molecule has 1 saturated carbocycles. The highest BCUT2D eigenvalue weighted by Gasteiger charge is 2.55. The van der Waals surface area contributed by atoms with Crippen molar-refractivity contribution in [3.63, 3.8) is 0 Å². The molecule has 6 heteroatoms. The molecule has 0 aromatic rings. The number of esters is 1. The highest BCUT2D eigenvalue weighted by Crippen LogP contribution is 2.52. The molecule has 0 bridgehead atoms. The minimum atomic E-state index is -4.31. The van der Waals surface area contributed by atoms with Gasteiger partial charge in [0.1, 0.15) is 5.60 Å². The van der Waals surface area contributed by atoms with E-state index < -0.39 is 17.2 Å². The van der Waals surface area contributed by atoms with E-state index in [0.717, 1.165) is 0 Å². The normalized spacial score (nSPS) is 33.2. The lowest BCUT2D eigenvalue weighted by atomic mass is 9.79. The first-order valence-electron chi connectivity index (χ1n) is 8.70. The molecule has 24 heavy (non-hydrogen) atoms. The second kappa shape index (κ2) is 6.60. The first kappa shape index (κ1) is 19.1. The van der Waals surface area contributed by atoms with Gasteiger partial charge in [0.15, 0.2) is 0 Å². The fourth-order valence-electron chi connectivity index (χ4n) is 3.98. The Morgan fingerprint density at radius 2 is 2.12 bits per heavy atom. The van der Waals surface area contributed by atoms with E-state index in [2.05, 4.69) is 0 Å². The van der Waals surface area contributed by atoms with Gasteiger partial charge < -0.3 is 9.84 Å². The molecular weight excluding hydrogens is 321 g/mol. The number of allylic oxidation sites excluding steroid dienone is 2. The lowest BCUT2D eigenvalue weighted by molar-refractivity contribution is -0.219. The van der Waals surface area contributed by atoms with Crippen molar-refractivity contribution in [2.24, 2.45) is 17.3 Å². The molecule has 2 aliphatic rings. The number of fused-ring (bicyclic) bond motifs is 1. The van der Waals surface area contributed by atoms with Gasteiger partial charge in [-0.1, -0.05) is 26.7 Å². The number of aliphatic hydroxyl groups excluding tert-OH is 1. The van der Waals surface area contributed by atoms with Gasteiger partial charge in [0.25, 0.3) is 0 Å². The van der Waals surface area contributed by atoms with Gasteiger partial charge in [0, 0.05) is 11.8 Å². The third kappa shape index (κ3) is 3.57. The van der Waals surface area contributed by atoms with Crippen molar-refractivity contribution < 1.29 is 27.8 Å². The number of alkyl halides is 3. The van der Waals surface area contributed by atoms with Crippen LogP contribution in [-0.2, 0) is 9.53 Å². The van der Waals surface area contributed by atoms with Crippen molar-refractivity contribution in [1.82, 2.24) is 0 Å². The zero-order valence-corrected chi connectivity index (χ0v) is 14.6. The van der Waals surface area contributed by atoms with Crippen molar-refractivity contribution in [1.29, 1.82) is 0 Å². The van der Waals surface area contributed by atoms with Gasteiger partial charge in [-0.05, 0) is 38.7 Å². The Labute approximate surface area is 141 Å². The standard InChI is InChI=1S/C18H27F3O3/c1-4-5-8-16(2,18(19,20)21)9-7-14(22)12-6-10-17(3)13(12)11-15(23)24-17/h7,12-13,22H,4-6,8-11H2,1-3H3/t12-,13+,16?,17+/m0/s1. The fraction of sp³-hybridized carbons (Fsp3) is 0.833. The van der Waals surface area contributed by atoms with Gasteiger partial charge in [0.2, 0.25) is 0 Å². The summed E-state index contributed by atoms with van der Waals surface area (Å²) in [4.78, 5) is 11.5. The largest absolute Gasteiger partial charge is 0.512 e. The fourth-order valence-corrected chi connectivity index (χ4v) is 3.98. The molecule has 2 fully saturated rings. The van der Waals surface area contributed by atoms with Crippen LogP contribution in [0.2, 0.25) is 0 Å². The van der Waals surface area contributed by atoms with Gasteiger partial charge in [-0.15, -0.1) is 0 Å². The molecule has 1 saturated heterocycles. The van der Waals surface area contributed by atoms with Crippen molar-refractivity contribution in [3.05, 3.63) is 11.8 Å². The van der Waals surface area contributed by atoms with Crippen molar-refractivity contribution in [2.45, 2.75) is 77.5 Å². The van der Waals surface area contributed by atoms with Crippen LogP contribution in [0.5, 0.6) is 0 Å². The number of hydrogen-bond donors (Lipinski definition) is 1. The molecule has 0 amide bonds. The van der Waals surface area contributed by atoms with E-state index in [4.69, 9.17) is 4.74 Å². The minimum absolute atomic E-state index is 0.0194. The van der Waals surface area contributed by atoms with Gasteiger partial charge >= 0.3 is 12.1 Å². The average Bonchev–Trinajstić information content (AvgIpc) is 2.93. The summed E-state index contributed by atoms with van der Waals surface area (Å²) in [5, 5.41) is 10.4. The molecule has 4 atom stereocenters. The Hall–Kier alpha value is -1.20. The van der Waals surface area contributed by atoms with E-state index in [1.807, 2.05) is 13.8 Å². The summed E-state index contributed by atoms with van der Waals surface area (Å²) in [7, 11) is 0. The van der Waals surface area contributed by atoms with E-state index >= 15 is 0 Å². The van der Waals surface area contributed by atoms with Crippen LogP contribution in [0.3, 0.4) is 0 Å². The lowest BCUT2D eigenvalue weighted by Crippen LogP contribution is -2.35. The van der Waals surface area contributed by atoms with Crippen LogP contribution in [0.4, 0.5) is 13.2 Å². The van der Waals surface area contributed by atoms with Gasteiger partial charge in [0.05, 0.1) is 17.6 Å². The van der Waals surface area contributed by atoms with Gasteiger partial charge in [-0.2, -0.15) is 13.2 Å². The summed E-state index contributed by atoms with van der Waals surface area (Å²) < 4.78 is 45.6. The Morgan fingerprint density at radius 3 is 2.71 bits per heavy atom. The summed E-state index contributed by atoms with van der Waals surface area (Å²) in [6.45, 7) is 4.92. The van der Waals surface area contributed by atoms with E-state index in [-0.39, 0.29) is 42.8 Å². The number of carbonyl (C=O) groups excluding carboxylic acids is 1. The van der Waals surface area contributed by atoms with Crippen LogP contribution in [-0.4, -0.2) is 22.9 Å². The van der Waals surface area contributed by atoms with Crippen LogP contribution in [0.1, 0.15) is 65.7 Å². The second-order valence-electron chi connectivity index (χ2n) is 7.74. The van der Waals surface area contributed by atoms with E-state index in [1.54, 1.807) is 0 Å². The zero-order chi connectivity index (χ0) is 18.2. The number of hydrogen-bond acceptors (Lipinski definition) is 3. The number of ether oxygens (including phenoxy) is 1. The smallest absolute Gasteiger partial charge is 0.394 e. The summed E-state index contributed by atoms with van der Waals surface area (Å²) in [6, 6.07) is 0. The molecule has 2 rings (SSSR count). The second-order valence-corrected chi connectivity index (χ2v) is 7.74. The van der Waals surface area contributed by atoms with Crippen LogP contribution in [0.15, 0.2) is 11.8 Å². The predicted octanol–water partition coefficient (Wildman–Crippen LogP) is 5.31. The summed E-state index contributed by atoms with van der Waals surface area (Å²) >= 11 is 0. The highest BCUT2D eigenvalue weighted by atomic mass is 19.4. The van der Waals surface area contributed by atoms with Crippen molar-refractivity contribution in [2.75, 3.05) is 0 Å². The minimum Gasteiger partial charge on any atom is -0.512 e. The first-order valence-corrected chi connectivity index (χ1v) is 8.70. The number of carbonyl (C=O) groups is 1. The summed E-state index contributed by atoms with van der Waals surface area (Å²) in [5.74, 6) is -0.740. The predicted molar refractivity (Wildman–Crippen MR) is 84.3 cm³/mol. The molecule has 1 aliphatic carbocycles. The maximum Gasteiger partial charge on any atom is 0.394 e. The number of unbranched alkanes of at least 4 members (excludes halogenated alkanes) is 1. The van der Waals surface area contributed by atoms with E-state index in [9.17, 15) is 23.1 Å². The van der Waals surface area contributed by atoms with Crippen LogP contribution < -0.4 is 0 Å². The average molecular weight is 348 g/mol. The molecule has 0 radical (unpaired) electrons. The SMILES string of the molecule is CCCCC(C)(CC=C(O)[C@H]1CC[C@@]2(C)OC(=O)C[C@H]12)C(F)(F)F. The number of halogens is 3. The Morgan fingerprint density at radius 1 is 1.46 bits per heavy atom. The maximum absolute atomic E-state index is 13.4. The molecule has 1 unspecified atom stereocenters. The summed E-state index contributed by atoms with van der Waals surface area (Å²) in [5.41, 5.74) is -2.42. The monoisotopic (exact) mass is 348 g/mol. The Kier molecular flexibility index (Phi) is 5.26. The van der Waals surface area contributed by atoms with Crippen molar-refractivity contribution >= 4 is 5.97 Å². The molecule has 3 nitrogen and oxygen atoms in total. The molecule has 138 valence electrons. The third-order valence-electron chi connectivity index (χ3n) is 5.86. The van der Waals surface area contributed by atoms with Crippen LogP contribution >= 0.6 is 0 Å². The lowest BCUT2D eigenvalue weighted by Gasteiger charge is -2.31. The van der Waals surface area contributed by atoms with Crippen molar-refractivity contribution in [3.8, 4) is 0 Å². The topological polar surface area (TPSA) is 46.5 Å². The zero-order valence-electron chi connectivity index (χ0n) is 14.6. The van der Waals surface area contributed by atoms with Gasteiger partial charge in [-0.25, -0.2) is 0 Å².